The van der Waals surface area contributed by atoms with E-state index in [-0.39, 0.29) is 41.2 Å². The number of carbonyl (C=O) groups excluding carboxylic acids is 1. The molecule has 1 aromatic rings. The summed E-state index contributed by atoms with van der Waals surface area (Å²) in [5.74, 6) is -0.986. The van der Waals surface area contributed by atoms with Gasteiger partial charge in [-0.3, -0.25) is 4.79 Å². The number of hydrogen-bond acceptors (Lipinski definition) is 3. The number of para-hydroxylation sites is 1. The lowest BCUT2D eigenvalue weighted by Gasteiger charge is -2.68. The Balaban J connectivity index is 1.26. The first-order valence-electron chi connectivity index (χ1n) is 15.1. The first-order chi connectivity index (χ1) is 18.0. The van der Waals surface area contributed by atoms with Crippen molar-refractivity contribution in [2.45, 2.75) is 115 Å². The third-order valence-corrected chi connectivity index (χ3v) is 12.4. The molecule has 4 saturated carbocycles. The number of carbonyl (C=O) groups is 1. The molecule has 1 amide bonds. The summed E-state index contributed by atoms with van der Waals surface area (Å²) in [5, 5.41) is 11.2. The number of aliphatic hydroxyl groups excluding tert-OH is 1. The number of nitrogens with zero attached hydrogens (tertiary/aromatic N) is 1. The summed E-state index contributed by atoms with van der Waals surface area (Å²) in [7, 11) is 0. The fourth-order valence-electron chi connectivity index (χ4n) is 10.1. The second kappa shape index (κ2) is 9.17. The van der Waals surface area contributed by atoms with E-state index in [1.54, 1.807) is 0 Å². The molecule has 0 aromatic heterocycles. The topological polar surface area (TPSA) is 49.8 Å². The van der Waals surface area contributed by atoms with Crippen LogP contribution >= 0.6 is 0 Å². The zero-order chi connectivity index (χ0) is 26.9. The number of aliphatic hydroxyl groups is 1. The third kappa shape index (κ3) is 3.94. The van der Waals surface area contributed by atoms with Crippen molar-refractivity contribution in [2.24, 2.45) is 34.5 Å². The third-order valence-electron chi connectivity index (χ3n) is 12.4. The molecule has 210 valence electrons. The van der Waals surface area contributed by atoms with Crippen molar-refractivity contribution >= 4 is 5.91 Å². The molecule has 1 heterocycles. The van der Waals surface area contributed by atoms with Crippen LogP contribution in [0.25, 0.3) is 0 Å². The molecular weight excluding hydrogens is 484 g/mol. The lowest BCUT2D eigenvalue weighted by atomic mass is 9.40. The Morgan fingerprint density at radius 1 is 0.921 bits per heavy atom. The van der Waals surface area contributed by atoms with Crippen molar-refractivity contribution in [1.82, 2.24) is 4.90 Å². The first-order valence-corrected chi connectivity index (χ1v) is 15.1. The lowest BCUT2D eigenvalue weighted by Crippen LogP contribution is -2.69. The van der Waals surface area contributed by atoms with Crippen LogP contribution in [0, 0.1) is 34.5 Å². The summed E-state index contributed by atoms with van der Waals surface area (Å²) < 4.78 is 34.6. The molecule has 0 radical (unpaired) electrons. The summed E-state index contributed by atoms with van der Waals surface area (Å²) in [5.41, 5.74) is -0.350. The molecule has 0 bridgehead atoms. The second-order valence-electron chi connectivity index (χ2n) is 14.0. The summed E-state index contributed by atoms with van der Waals surface area (Å²) in [6.45, 7) is 7.77. The molecule has 4 nitrogen and oxygen atoms in total. The largest absolute Gasteiger partial charge is 0.487 e. The minimum Gasteiger partial charge on any atom is -0.487 e. The number of amides is 1. The first kappa shape index (κ1) is 26.5. The molecule has 6 heteroatoms. The SMILES string of the molecule is C[C@]12CC[C@H]3C(CC[C@@]4(C)[C@@H](Oc5ccccc5)[C@@H](O)CC[C@]34C)[C@@H]1CCCN2C(=O)[C@@H]1CCC(F)(F)C1. The van der Waals surface area contributed by atoms with Crippen LogP contribution < -0.4 is 4.74 Å². The lowest BCUT2D eigenvalue weighted by molar-refractivity contribution is -0.222. The van der Waals surface area contributed by atoms with Crippen molar-refractivity contribution < 1.29 is 23.4 Å². The molecular formula is C32H45F2NO3. The van der Waals surface area contributed by atoms with Crippen molar-refractivity contribution in [3.63, 3.8) is 0 Å². The maximum atomic E-state index is 14.0. The van der Waals surface area contributed by atoms with Gasteiger partial charge in [0, 0.05) is 36.3 Å². The zero-order valence-electron chi connectivity index (χ0n) is 23.3. The van der Waals surface area contributed by atoms with E-state index in [0.29, 0.717) is 30.7 Å². The Morgan fingerprint density at radius 3 is 2.37 bits per heavy atom. The molecule has 1 unspecified atom stereocenters. The number of ether oxygens (including phenoxy) is 1. The normalized spacial score (nSPS) is 46.0. The van der Waals surface area contributed by atoms with Crippen LogP contribution in [-0.4, -0.2) is 46.1 Å². The number of benzene rings is 1. The molecule has 6 rings (SSSR count). The van der Waals surface area contributed by atoms with Crippen LogP contribution in [0.4, 0.5) is 8.78 Å². The molecule has 1 saturated heterocycles. The van der Waals surface area contributed by atoms with Gasteiger partial charge in [0.2, 0.25) is 11.8 Å². The van der Waals surface area contributed by atoms with E-state index in [0.717, 1.165) is 57.1 Å². The van der Waals surface area contributed by atoms with E-state index in [1.165, 1.54) is 0 Å². The van der Waals surface area contributed by atoms with E-state index in [2.05, 4.69) is 25.7 Å². The predicted octanol–water partition coefficient (Wildman–Crippen LogP) is 6.85. The fraction of sp³-hybridized carbons (Fsp3) is 0.781. The number of piperidine rings is 1. The predicted molar refractivity (Wildman–Crippen MR) is 143 cm³/mol. The molecule has 5 fully saturated rings. The minimum absolute atomic E-state index is 0.0169. The number of fused-ring (bicyclic) bond motifs is 5. The highest BCUT2D eigenvalue weighted by Gasteiger charge is 2.66. The van der Waals surface area contributed by atoms with E-state index < -0.39 is 17.9 Å². The van der Waals surface area contributed by atoms with E-state index in [9.17, 15) is 18.7 Å². The van der Waals surface area contributed by atoms with Gasteiger partial charge in [-0.15, -0.1) is 0 Å². The van der Waals surface area contributed by atoms with Gasteiger partial charge in [-0.05, 0) is 100 Å². The van der Waals surface area contributed by atoms with Gasteiger partial charge in [0.1, 0.15) is 11.9 Å². The highest BCUT2D eigenvalue weighted by atomic mass is 19.3. The van der Waals surface area contributed by atoms with Crippen molar-refractivity contribution in [2.75, 3.05) is 6.54 Å². The summed E-state index contributed by atoms with van der Waals surface area (Å²) in [4.78, 5) is 15.7. The van der Waals surface area contributed by atoms with Gasteiger partial charge < -0.3 is 14.7 Å². The quantitative estimate of drug-likeness (QED) is 0.466. The van der Waals surface area contributed by atoms with E-state index in [4.69, 9.17) is 4.74 Å². The highest BCUT2D eigenvalue weighted by molar-refractivity contribution is 5.80. The van der Waals surface area contributed by atoms with Crippen molar-refractivity contribution in [3.05, 3.63) is 30.3 Å². The van der Waals surface area contributed by atoms with Crippen LogP contribution in [0.2, 0.25) is 0 Å². The standard InChI is InChI=1S/C32H45F2NO3/c1-29-16-14-26(36)27(38-22-8-5-4-6-9-22)30(29,2)15-12-23-24(29)13-17-31(3)25(23)10-7-19-35(31)28(37)21-11-18-32(33,34)20-21/h4-6,8-9,21,23-27,36H,7,10-20H2,1-3H3/t21-,23?,24+,25+,26+,27+,29-,30+,31+/m1/s1. The number of halogens is 2. The minimum atomic E-state index is -2.69. The monoisotopic (exact) mass is 529 g/mol. The van der Waals surface area contributed by atoms with Gasteiger partial charge in [0.15, 0.2) is 0 Å². The van der Waals surface area contributed by atoms with Gasteiger partial charge in [-0.2, -0.15) is 0 Å². The number of alkyl halides is 2. The Kier molecular flexibility index (Phi) is 6.40. The van der Waals surface area contributed by atoms with E-state index in [1.807, 2.05) is 30.3 Å². The zero-order valence-corrected chi connectivity index (χ0v) is 23.3. The van der Waals surface area contributed by atoms with Crippen molar-refractivity contribution in [3.8, 4) is 5.75 Å². The average Bonchev–Trinajstić information content (AvgIpc) is 3.26. The van der Waals surface area contributed by atoms with Gasteiger partial charge in [0.05, 0.1) is 6.10 Å². The Labute approximate surface area is 226 Å². The molecule has 5 aliphatic rings. The fourth-order valence-corrected chi connectivity index (χ4v) is 10.1. The second-order valence-corrected chi connectivity index (χ2v) is 14.0. The molecule has 1 aromatic carbocycles. The maximum Gasteiger partial charge on any atom is 0.248 e. The van der Waals surface area contributed by atoms with Crippen molar-refractivity contribution in [1.29, 1.82) is 0 Å². The van der Waals surface area contributed by atoms with Gasteiger partial charge >= 0.3 is 0 Å². The average molecular weight is 530 g/mol. The summed E-state index contributed by atoms with van der Waals surface area (Å²) in [6, 6.07) is 9.90. The Hall–Kier alpha value is -1.69. The van der Waals surface area contributed by atoms with E-state index >= 15 is 0 Å². The molecule has 9 atom stereocenters. The number of rotatable bonds is 3. The van der Waals surface area contributed by atoms with Gasteiger partial charge in [-0.25, -0.2) is 8.78 Å². The van der Waals surface area contributed by atoms with Gasteiger partial charge in [0.25, 0.3) is 0 Å². The molecule has 1 aliphatic heterocycles. The summed E-state index contributed by atoms with van der Waals surface area (Å²) >= 11 is 0. The van der Waals surface area contributed by atoms with Crippen LogP contribution in [0.3, 0.4) is 0 Å². The Bertz CT molecular complexity index is 1050. The molecule has 38 heavy (non-hydrogen) atoms. The van der Waals surface area contributed by atoms with Crippen LogP contribution in [0.15, 0.2) is 30.3 Å². The number of hydrogen-bond donors (Lipinski definition) is 1. The van der Waals surface area contributed by atoms with Crippen LogP contribution in [-0.2, 0) is 4.79 Å². The summed E-state index contributed by atoms with van der Waals surface area (Å²) in [6.07, 6.45) is 7.01. The molecule has 1 N–H and O–H groups in total. The smallest absolute Gasteiger partial charge is 0.248 e. The number of likely N-dealkylation sites (tertiary alicyclic amines) is 1. The molecule has 0 spiro atoms. The van der Waals surface area contributed by atoms with Gasteiger partial charge in [-0.1, -0.05) is 32.0 Å². The highest BCUT2D eigenvalue weighted by Crippen LogP contribution is 2.68. The Morgan fingerprint density at radius 2 is 1.66 bits per heavy atom. The maximum absolute atomic E-state index is 14.0. The van der Waals surface area contributed by atoms with Crippen LogP contribution in [0.1, 0.15) is 91.4 Å². The van der Waals surface area contributed by atoms with Crippen LogP contribution in [0.5, 0.6) is 5.75 Å². The molecule has 4 aliphatic carbocycles.